The molecule has 0 aliphatic carbocycles. The molecule has 1 aliphatic heterocycles. The summed E-state index contributed by atoms with van der Waals surface area (Å²) >= 11 is 3.40. The Hall–Kier alpha value is -1.89. The Balaban J connectivity index is 1.47. The summed E-state index contributed by atoms with van der Waals surface area (Å²) in [6.07, 6.45) is 1.86. The molecule has 1 N–H and O–H groups in total. The Kier molecular flexibility index (Phi) is 5.24. The summed E-state index contributed by atoms with van der Waals surface area (Å²) in [6, 6.07) is 16.1. The smallest absolute Gasteiger partial charge is 0.251 e. The molecule has 134 valence electrons. The first-order chi connectivity index (χ1) is 12.7. The van der Waals surface area contributed by atoms with Crippen LogP contribution < -0.4 is 5.32 Å². The lowest BCUT2D eigenvalue weighted by Gasteiger charge is -2.36. The van der Waals surface area contributed by atoms with Crippen molar-refractivity contribution in [2.75, 3.05) is 19.8 Å². The number of rotatable bonds is 5. The molecule has 0 saturated carbocycles. The zero-order valence-electron chi connectivity index (χ0n) is 14.3. The third-order valence-corrected chi connectivity index (χ3v) is 6.93. The van der Waals surface area contributed by atoms with Gasteiger partial charge in [0, 0.05) is 35.0 Å². The van der Waals surface area contributed by atoms with Gasteiger partial charge in [0.05, 0.1) is 15.7 Å². The second-order valence-corrected chi connectivity index (χ2v) is 8.86. The van der Waals surface area contributed by atoms with Crippen molar-refractivity contribution >= 4 is 39.2 Å². The number of thiazole rings is 1. The largest absolute Gasteiger partial charge is 0.381 e. The molecule has 2 aromatic carbocycles. The van der Waals surface area contributed by atoms with E-state index in [1.807, 2.05) is 36.0 Å². The molecular weight excluding hydrogens is 364 g/mol. The Labute approximate surface area is 161 Å². The van der Waals surface area contributed by atoms with E-state index in [0.29, 0.717) is 12.1 Å². The van der Waals surface area contributed by atoms with Gasteiger partial charge in [0.15, 0.2) is 0 Å². The van der Waals surface area contributed by atoms with Gasteiger partial charge >= 0.3 is 0 Å². The molecule has 4 rings (SSSR count). The summed E-state index contributed by atoms with van der Waals surface area (Å²) in [5.41, 5.74) is 3.43. The van der Waals surface area contributed by atoms with E-state index in [1.165, 1.54) is 4.90 Å². The summed E-state index contributed by atoms with van der Waals surface area (Å²) in [4.78, 5) is 18.2. The topological polar surface area (TPSA) is 51.2 Å². The molecular formula is C20H20N2O2S2. The zero-order chi connectivity index (χ0) is 17.8. The predicted octanol–water partition coefficient (Wildman–Crippen LogP) is 4.37. The van der Waals surface area contributed by atoms with Gasteiger partial charge in [0.25, 0.3) is 5.91 Å². The third-order valence-electron chi connectivity index (χ3n) is 4.65. The Bertz CT molecular complexity index is 889. The highest BCUT2D eigenvalue weighted by Gasteiger charge is 2.34. The lowest BCUT2D eigenvalue weighted by molar-refractivity contribution is 0.0741. The van der Waals surface area contributed by atoms with Crippen LogP contribution in [-0.2, 0) is 4.74 Å². The van der Waals surface area contributed by atoms with Crippen molar-refractivity contribution in [1.29, 1.82) is 0 Å². The van der Waals surface area contributed by atoms with Gasteiger partial charge in [-0.3, -0.25) is 4.79 Å². The van der Waals surface area contributed by atoms with Crippen molar-refractivity contribution < 1.29 is 9.53 Å². The van der Waals surface area contributed by atoms with E-state index >= 15 is 0 Å². The van der Waals surface area contributed by atoms with E-state index in [0.717, 1.165) is 36.3 Å². The van der Waals surface area contributed by atoms with E-state index < -0.39 is 0 Å². The average molecular weight is 385 g/mol. The quantitative estimate of drug-likeness (QED) is 0.710. The van der Waals surface area contributed by atoms with Crippen LogP contribution in [0, 0.1) is 0 Å². The molecule has 6 heteroatoms. The molecule has 1 aromatic heterocycles. The first kappa shape index (κ1) is 17.5. The molecule has 26 heavy (non-hydrogen) atoms. The van der Waals surface area contributed by atoms with Crippen LogP contribution >= 0.6 is 23.1 Å². The molecule has 1 fully saturated rings. The normalized spacial score (nSPS) is 16.5. The average Bonchev–Trinajstić information content (AvgIpc) is 3.15. The number of nitrogens with zero attached hydrogens (tertiary/aromatic N) is 1. The van der Waals surface area contributed by atoms with Crippen molar-refractivity contribution in [3.05, 3.63) is 59.6 Å². The molecule has 0 atom stereocenters. The van der Waals surface area contributed by atoms with Crippen molar-refractivity contribution in [1.82, 2.24) is 10.3 Å². The molecule has 1 amide bonds. The standard InChI is InChI=1S/C20H20N2O2S2/c23-19(15-6-7-17-18(12-15)25-14-22-17)21-13-20(8-10-24-11-9-20)26-16-4-2-1-3-5-16/h1-7,12,14H,8-11,13H2,(H,21,23). The second kappa shape index (κ2) is 7.78. The van der Waals surface area contributed by atoms with E-state index in [-0.39, 0.29) is 10.7 Å². The maximum absolute atomic E-state index is 12.7. The lowest BCUT2D eigenvalue weighted by Crippen LogP contribution is -2.44. The molecule has 0 radical (unpaired) electrons. The minimum absolute atomic E-state index is 0.0240. The van der Waals surface area contributed by atoms with Gasteiger partial charge < -0.3 is 10.1 Å². The number of carbonyl (C=O) groups excluding carboxylic acids is 1. The van der Waals surface area contributed by atoms with Crippen LogP contribution in [0.5, 0.6) is 0 Å². The first-order valence-corrected chi connectivity index (χ1v) is 10.4. The summed E-state index contributed by atoms with van der Waals surface area (Å²) in [7, 11) is 0. The number of amides is 1. The summed E-state index contributed by atoms with van der Waals surface area (Å²) in [5.74, 6) is -0.0279. The number of carbonyl (C=O) groups is 1. The fourth-order valence-corrected chi connectivity index (χ4v) is 5.16. The van der Waals surface area contributed by atoms with Crippen LogP contribution in [0.2, 0.25) is 0 Å². The minimum atomic E-state index is -0.0279. The third kappa shape index (κ3) is 3.92. The lowest BCUT2D eigenvalue weighted by atomic mass is 9.99. The van der Waals surface area contributed by atoms with Crippen molar-refractivity contribution in [2.24, 2.45) is 0 Å². The minimum Gasteiger partial charge on any atom is -0.381 e. The van der Waals surface area contributed by atoms with Gasteiger partial charge in [-0.1, -0.05) is 18.2 Å². The molecule has 3 aromatic rings. The molecule has 0 spiro atoms. The van der Waals surface area contributed by atoms with Crippen LogP contribution in [0.3, 0.4) is 0 Å². The van der Waals surface area contributed by atoms with Gasteiger partial charge in [-0.2, -0.15) is 0 Å². The van der Waals surface area contributed by atoms with E-state index in [4.69, 9.17) is 4.74 Å². The van der Waals surface area contributed by atoms with Crippen LogP contribution in [0.25, 0.3) is 10.2 Å². The SMILES string of the molecule is O=C(NCC1(Sc2ccccc2)CCOCC1)c1ccc2ncsc2c1. The van der Waals surface area contributed by atoms with Crippen molar-refractivity contribution in [3.8, 4) is 0 Å². The highest BCUT2D eigenvalue weighted by atomic mass is 32.2. The number of ether oxygens (including phenoxy) is 1. The highest BCUT2D eigenvalue weighted by molar-refractivity contribution is 8.00. The van der Waals surface area contributed by atoms with Gasteiger partial charge in [-0.25, -0.2) is 4.98 Å². The molecule has 1 saturated heterocycles. The number of aromatic nitrogens is 1. The summed E-state index contributed by atoms with van der Waals surface area (Å²) < 4.78 is 6.58. The summed E-state index contributed by atoms with van der Waals surface area (Å²) in [6.45, 7) is 2.11. The number of fused-ring (bicyclic) bond motifs is 1. The Morgan fingerprint density at radius 2 is 2.00 bits per heavy atom. The molecule has 2 heterocycles. The Morgan fingerprint density at radius 3 is 2.81 bits per heavy atom. The maximum atomic E-state index is 12.7. The number of hydrogen-bond acceptors (Lipinski definition) is 5. The van der Waals surface area contributed by atoms with Crippen molar-refractivity contribution in [2.45, 2.75) is 22.5 Å². The van der Waals surface area contributed by atoms with Crippen LogP contribution in [-0.4, -0.2) is 35.4 Å². The predicted molar refractivity (Wildman–Crippen MR) is 107 cm³/mol. The van der Waals surface area contributed by atoms with E-state index in [1.54, 1.807) is 16.8 Å². The van der Waals surface area contributed by atoms with Crippen molar-refractivity contribution in [3.63, 3.8) is 0 Å². The van der Waals surface area contributed by atoms with Gasteiger partial charge in [0.2, 0.25) is 0 Å². The molecule has 0 unspecified atom stereocenters. The van der Waals surface area contributed by atoms with Crippen LogP contribution in [0.1, 0.15) is 23.2 Å². The summed E-state index contributed by atoms with van der Waals surface area (Å²) in [5, 5.41) is 3.16. The number of nitrogens with one attached hydrogen (secondary N) is 1. The fourth-order valence-electron chi connectivity index (χ4n) is 3.14. The second-order valence-electron chi connectivity index (χ2n) is 6.43. The maximum Gasteiger partial charge on any atom is 0.251 e. The van der Waals surface area contributed by atoms with E-state index in [9.17, 15) is 4.79 Å². The van der Waals surface area contributed by atoms with E-state index in [2.05, 4.69) is 34.6 Å². The molecule has 4 nitrogen and oxygen atoms in total. The van der Waals surface area contributed by atoms with Crippen LogP contribution in [0.4, 0.5) is 0 Å². The molecule has 1 aliphatic rings. The van der Waals surface area contributed by atoms with Gasteiger partial charge in [-0.15, -0.1) is 23.1 Å². The number of thioether (sulfide) groups is 1. The molecule has 0 bridgehead atoms. The Morgan fingerprint density at radius 1 is 1.19 bits per heavy atom. The van der Waals surface area contributed by atoms with Gasteiger partial charge in [-0.05, 0) is 43.2 Å². The zero-order valence-corrected chi connectivity index (χ0v) is 15.9. The first-order valence-electron chi connectivity index (χ1n) is 8.67. The van der Waals surface area contributed by atoms with Gasteiger partial charge in [0.1, 0.15) is 0 Å². The number of benzene rings is 2. The number of hydrogen-bond donors (Lipinski definition) is 1. The monoisotopic (exact) mass is 384 g/mol. The fraction of sp³-hybridized carbons (Fsp3) is 0.300. The van der Waals surface area contributed by atoms with Crippen LogP contribution in [0.15, 0.2) is 58.9 Å². The highest BCUT2D eigenvalue weighted by Crippen LogP contribution is 2.40.